The average Bonchev–Trinajstić information content (AvgIpc) is 2.88. The lowest BCUT2D eigenvalue weighted by molar-refractivity contribution is -0.159. The molecular weight excluding hydrogens is 552 g/mol. The third-order valence-corrected chi connectivity index (χ3v) is 6.47. The van der Waals surface area contributed by atoms with E-state index in [1.165, 1.54) is 4.57 Å². The van der Waals surface area contributed by atoms with Gasteiger partial charge in [0.05, 0.1) is 43.5 Å². The van der Waals surface area contributed by atoms with Crippen molar-refractivity contribution >= 4 is 33.5 Å². The van der Waals surface area contributed by atoms with Crippen LogP contribution in [0.5, 0.6) is 11.8 Å². The quantitative estimate of drug-likeness (QED) is 0.270. The largest absolute Gasteiger partial charge is 0.494 e. The molecule has 1 aromatic heterocycles. The Kier molecular flexibility index (Phi) is 11.1. The first-order chi connectivity index (χ1) is 20.1. The molecule has 236 valence electrons. The van der Waals surface area contributed by atoms with E-state index in [2.05, 4.69) is 4.99 Å². The van der Waals surface area contributed by atoms with E-state index in [0.29, 0.717) is 38.8 Å². The fraction of sp³-hybridized carbons (Fsp3) is 0.562. The fourth-order valence-corrected chi connectivity index (χ4v) is 4.82. The van der Waals surface area contributed by atoms with Gasteiger partial charge in [-0.25, -0.2) is 0 Å². The molecule has 0 saturated heterocycles. The summed E-state index contributed by atoms with van der Waals surface area (Å²) >= 11 is 0. The molecule has 0 amide bonds. The van der Waals surface area contributed by atoms with Crippen molar-refractivity contribution in [3.63, 3.8) is 0 Å². The lowest BCUT2D eigenvalue weighted by Crippen LogP contribution is -2.41. The number of unbranched alkanes of at least 4 members (excludes halogenated alkanes) is 1. The summed E-state index contributed by atoms with van der Waals surface area (Å²) in [5.74, 6) is -1.02. The van der Waals surface area contributed by atoms with Crippen molar-refractivity contribution in [3.8, 4) is 11.8 Å². The van der Waals surface area contributed by atoms with Crippen LogP contribution in [-0.2, 0) is 25.6 Å². The number of pyridine rings is 1. The van der Waals surface area contributed by atoms with Gasteiger partial charge >= 0.3 is 11.9 Å². The van der Waals surface area contributed by atoms with Crippen molar-refractivity contribution < 1.29 is 34.4 Å². The Balaban J connectivity index is 2.06. The van der Waals surface area contributed by atoms with E-state index in [9.17, 15) is 24.9 Å². The standard InChI is InChI=1S/C32H46N4O7/c1-8-9-16-36-29(40)21-10-12-23(28-24(34-15-18-37)13-11-22(27(21)28)30(36)41)33-14-17-35(19-25(38)42-31(2,3)4)20-26(39)43-32(5,6)7/h10-13,37,40-41H,8-9,14-20H2,1-7H3. The highest BCUT2D eigenvalue weighted by molar-refractivity contribution is 6.13. The van der Waals surface area contributed by atoms with Gasteiger partial charge in [0.15, 0.2) is 0 Å². The van der Waals surface area contributed by atoms with E-state index in [4.69, 9.17) is 14.5 Å². The minimum atomic E-state index is -0.672. The number of nitrogens with zero attached hydrogens (tertiary/aromatic N) is 4. The van der Waals surface area contributed by atoms with E-state index >= 15 is 0 Å². The van der Waals surface area contributed by atoms with Crippen molar-refractivity contribution in [2.45, 2.75) is 79.1 Å². The Bertz CT molecular complexity index is 1510. The monoisotopic (exact) mass is 598 g/mol. The Morgan fingerprint density at radius 3 is 1.74 bits per heavy atom. The summed E-state index contributed by atoms with van der Waals surface area (Å²) in [6.45, 7) is 13.5. The molecule has 0 aliphatic heterocycles. The molecule has 1 heterocycles. The number of ether oxygens (including phenoxy) is 2. The van der Waals surface area contributed by atoms with Crippen molar-refractivity contribution in [1.82, 2.24) is 9.47 Å². The summed E-state index contributed by atoms with van der Waals surface area (Å²) in [5, 5.41) is 35.2. The Morgan fingerprint density at radius 1 is 0.814 bits per heavy atom. The highest BCUT2D eigenvalue weighted by atomic mass is 16.6. The zero-order valence-corrected chi connectivity index (χ0v) is 26.4. The number of aliphatic hydroxyl groups is 1. The first kappa shape index (κ1) is 33.8. The first-order valence-corrected chi connectivity index (χ1v) is 14.8. The zero-order chi connectivity index (χ0) is 31.9. The van der Waals surface area contributed by atoms with Crippen molar-refractivity contribution in [1.29, 1.82) is 0 Å². The Morgan fingerprint density at radius 2 is 1.30 bits per heavy atom. The normalized spacial score (nSPS) is 13.4. The molecule has 3 rings (SSSR count). The molecule has 0 bridgehead atoms. The summed E-state index contributed by atoms with van der Waals surface area (Å²) < 4.78 is 12.5. The average molecular weight is 599 g/mol. The highest BCUT2D eigenvalue weighted by Gasteiger charge is 2.23. The molecule has 3 N–H and O–H groups in total. The van der Waals surface area contributed by atoms with Crippen molar-refractivity contribution in [2.75, 3.05) is 39.3 Å². The molecule has 0 aliphatic rings. The molecule has 0 saturated carbocycles. The number of hydrogen-bond donors (Lipinski definition) is 3. The molecule has 0 aliphatic carbocycles. The topological polar surface area (TPSA) is 146 Å². The number of hydrogen-bond acceptors (Lipinski definition) is 10. The Hall–Kier alpha value is -3.70. The number of carbonyl (C=O) groups excluding carboxylic acids is 2. The molecule has 0 unspecified atom stereocenters. The lowest BCUT2D eigenvalue weighted by Gasteiger charge is -2.26. The smallest absolute Gasteiger partial charge is 0.320 e. The van der Waals surface area contributed by atoms with Crippen molar-refractivity contribution in [3.05, 3.63) is 35.0 Å². The van der Waals surface area contributed by atoms with Gasteiger partial charge < -0.3 is 24.8 Å². The van der Waals surface area contributed by atoms with Gasteiger partial charge in [0, 0.05) is 34.6 Å². The maximum absolute atomic E-state index is 12.6. The van der Waals surface area contributed by atoms with Crippen LogP contribution in [0, 0.1) is 0 Å². The second-order valence-electron chi connectivity index (χ2n) is 12.5. The minimum Gasteiger partial charge on any atom is -0.494 e. The van der Waals surface area contributed by atoms with Crippen LogP contribution in [-0.4, -0.2) is 87.3 Å². The molecule has 0 fully saturated rings. The van der Waals surface area contributed by atoms with Gasteiger partial charge in [0.1, 0.15) is 11.2 Å². The number of aromatic hydroxyl groups is 2. The molecular formula is C32H46N4O7. The van der Waals surface area contributed by atoms with Gasteiger partial charge in [-0.1, -0.05) is 13.3 Å². The van der Waals surface area contributed by atoms with E-state index in [1.54, 1.807) is 70.7 Å². The van der Waals surface area contributed by atoms with Crippen molar-refractivity contribution in [2.24, 2.45) is 9.98 Å². The predicted octanol–water partition coefficient (Wildman–Crippen LogP) is 3.22. The molecule has 11 heteroatoms. The van der Waals surface area contributed by atoms with E-state index in [0.717, 1.165) is 12.8 Å². The number of benzene rings is 2. The number of aromatic nitrogens is 1. The van der Waals surface area contributed by atoms with Gasteiger partial charge in [0.25, 0.3) is 0 Å². The van der Waals surface area contributed by atoms with Gasteiger partial charge in [0.2, 0.25) is 11.8 Å². The van der Waals surface area contributed by atoms with Crippen LogP contribution in [0.3, 0.4) is 0 Å². The molecule has 2 aromatic carbocycles. The summed E-state index contributed by atoms with van der Waals surface area (Å²) in [4.78, 5) is 36.2. The summed E-state index contributed by atoms with van der Waals surface area (Å²) in [6, 6.07) is 7.07. The molecule has 11 nitrogen and oxygen atoms in total. The number of aliphatic hydroxyl groups excluding tert-OH is 1. The predicted molar refractivity (Wildman–Crippen MR) is 165 cm³/mol. The zero-order valence-electron chi connectivity index (χ0n) is 26.4. The molecule has 0 atom stereocenters. The van der Waals surface area contributed by atoms with Crippen LogP contribution in [0.15, 0.2) is 34.3 Å². The molecule has 0 spiro atoms. The fourth-order valence-electron chi connectivity index (χ4n) is 4.82. The van der Waals surface area contributed by atoms with E-state index in [-0.39, 0.29) is 51.1 Å². The summed E-state index contributed by atoms with van der Waals surface area (Å²) in [7, 11) is 0. The second kappa shape index (κ2) is 14.2. The van der Waals surface area contributed by atoms with Crippen LogP contribution in [0.2, 0.25) is 0 Å². The Labute approximate surface area is 252 Å². The van der Waals surface area contributed by atoms with Crippen LogP contribution in [0.4, 0.5) is 0 Å². The SMILES string of the molecule is CCCCn1c(O)c2ccc(=NCCO)c3c(=NCCN(CC(=O)OC(C)(C)C)CC(=O)OC(C)(C)C)ccc(c1O)c23. The van der Waals surface area contributed by atoms with Gasteiger partial charge in [-0.2, -0.15) is 0 Å². The third-order valence-electron chi connectivity index (χ3n) is 6.47. The van der Waals surface area contributed by atoms with Crippen LogP contribution < -0.4 is 10.7 Å². The van der Waals surface area contributed by atoms with Crippen LogP contribution in [0.25, 0.3) is 21.5 Å². The third kappa shape index (κ3) is 9.14. The highest BCUT2D eigenvalue weighted by Crippen LogP contribution is 2.37. The van der Waals surface area contributed by atoms with Gasteiger partial charge in [-0.15, -0.1) is 0 Å². The molecule has 43 heavy (non-hydrogen) atoms. The van der Waals surface area contributed by atoms with E-state index < -0.39 is 23.1 Å². The molecule has 3 aromatic rings. The number of rotatable bonds is 12. The number of carbonyl (C=O) groups is 2. The first-order valence-electron chi connectivity index (χ1n) is 14.8. The van der Waals surface area contributed by atoms with Crippen LogP contribution in [0.1, 0.15) is 61.3 Å². The maximum atomic E-state index is 12.6. The minimum absolute atomic E-state index is 0.0461. The molecule has 0 radical (unpaired) electrons. The number of esters is 2. The second-order valence-corrected chi connectivity index (χ2v) is 12.5. The van der Waals surface area contributed by atoms with Gasteiger partial charge in [-0.05, 0) is 72.2 Å². The summed E-state index contributed by atoms with van der Waals surface area (Å²) in [6.07, 6.45) is 1.68. The van der Waals surface area contributed by atoms with Crippen LogP contribution >= 0.6 is 0 Å². The van der Waals surface area contributed by atoms with E-state index in [1.807, 2.05) is 6.92 Å². The maximum Gasteiger partial charge on any atom is 0.320 e. The summed E-state index contributed by atoms with van der Waals surface area (Å²) in [5.41, 5.74) is -1.34. The van der Waals surface area contributed by atoms with Gasteiger partial charge in [-0.3, -0.25) is 29.0 Å². The lowest BCUT2D eigenvalue weighted by atomic mass is 10.0.